The molecule has 0 aliphatic carbocycles. The number of nitrogens with two attached hydrogens (primary N) is 1. The van der Waals surface area contributed by atoms with Crippen molar-refractivity contribution in [1.82, 2.24) is 14.7 Å². The van der Waals surface area contributed by atoms with Gasteiger partial charge in [-0.05, 0) is 155 Å². The highest BCUT2D eigenvalue weighted by Gasteiger charge is 2.20. The van der Waals surface area contributed by atoms with E-state index < -0.39 is 0 Å². The van der Waals surface area contributed by atoms with Gasteiger partial charge in [-0.1, -0.05) is 108 Å². The first kappa shape index (κ1) is 45.4. The Labute approximate surface area is 377 Å². The van der Waals surface area contributed by atoms with Crippen LogP contribution in [0.2, 0.25) is 0 Å². The Morgan fingerprint density at radius 2 is 0.730 bits per heavy atom. The van der Waals surface area contributed by atoms with E-state index in [9.17, 15) is 0 Å². The molecule has 0 atom stereocenters. The minimum absolute atomic E-state index is 0.331. The van der Waals surface area contributed by atoms with Crippen LogP contribution < -0.4 is 19.9 Å². The van der Waals surface area contributed by atoms with Crippen molar-refractivity contribution in [3.8, 4) is 50.6 Å². The van der Waals surface area contributed by atoms with E-state index >= 15 is 0 Å². The number of rotatable bonds is 9. The first-order valence-electron chi connectivity index (χ1n) is 23.0. The molecule has 0 saturated carbocycles. The molecule has 9 rings (SSSR count). The number of benzene rings is 6. The SMILES string of the molecule is CN1CCC(Oc2cccc(-c3cccc(N)c3)c2)CC1.Cc1ccc(-c2ccc(OC3CCN(C)CC3)cc2)cc1.Cc1cccc(-c2ccc(OC3CCN(C)CC3)cc2)c1. The monoisotopic (exact) mass is 845 g/mol. The summed E-state index contributed by atoms with van der Waals surface area (Å²) in [6.45, 7) is 11.0. The standard InChI is InChI=1S/2C19H23NO.C18H22N2O/c1-15-3-5-16(6-4-15)17-7-9-18(10-8-17)21-19-11-13-20(2)14-12-19;1-15-4-3-5-17(14-15)16-6-8-18(9-7-16)21-19-10-12-20(2)13-11-19;1-20-10-8-17(9-11-20)21-18-7-3-5-15(13-18)14-4-2-6-16(19)12-14/h3-10,19H,11-14H2,1-2H3;3-9,14,19H,10-13H2,1-2H3;2-7,12-13,17H,8-11,19H2,1H3. The zero-order valence-electron chi connectivity index (χ0n) is 38.2. The van der Waals surface area contributed by atoms with Crippen LogP contribution in [0.4, 0.5) is 5.69 Å². The third-order valence-electron chi connectivity index (χ3n) is 12.4. The molecule has 330 valence electrons. The average Bonchev–Trinajstić information content (AvgIpc) is 3.30. The molecule has 3 saturated heterocycles. The Morgan fingerprint density at radius 3 is 1.17 bits per heavy atom. The van der Waals surface area contributed by atoms with Gasteiger partial charge >= 0.3 is 0 Å². The second-order valence-electron chi connectivity index (χ2n) is 17.8. The number of nitrogens with zero attached hydrogens (tertiary/aromatic N) is 3. The van der Waals surface area contributed by atoms with Crippen molar-refractivity contribution in [2.75, 3.05) is 66.1 Å². The largest absolute Gasteiger partial charge is 0.490 e. The fourth-order valence-corrected chi connectivity index (χ4v) is 8.38. The molecule has 3 heterocycles. The van der Waals surface area contributed by atoms with Gasteiger partial charge in [0.05, 0.1) is 0 Å². The van der Waals surface area contributed by atoms with E-state index in [0.29, 0.717) is 18.3 Å². The Morgan fingerprint density at radius 1 is 0.365 bits per heavy atom. The Hall–Kier alpha value is -5.60. The number of likely N-dealkylation sites (tertiary alicyclic amines) is 3. The lowest BCUT2D eigenvalue weighted by atomic mass is 10.0. The second-order valence-corrected chi connectivity index (χ2v) is 17.8. The zero-order valence-corrected chi connectivity index (χ0v) is 38.2. The van der Waals surface area contributed by atoms with Crippen LogP contribution in [-0.4, -0.2) is 93.4 Å². The van der Waals surface area contributed by atoms with Gasteiger partial charge in [-0.15, -0.1) is 0 Å². The van der Waals surface area contributed by atoms with Gasteiger partial charge in [0.2, 0.25) is 0 Å². The molecule has 7 heteroatoms. The second kappa shape index (κ2) is 22.7. The van der Waals surface area contributed by atoms with Crippen LogP contribution in [0.25, 0.3) is 33.4 Å². The smallest absolute Gasteiger partial charge is 0.120 e. The van der Waals surface area contributed by atoms with E-state index in [0.717, 1.165) is 112 Å². The predicted molar refractivity (Wildman–Crippen MR) is 263 cm³/mol. The summed E-state index contributed by atoms with van der Waals surface area (Å²) in [5, 5.41) is 0. The Kier molecular flexibility index (Phi) is 16.3. The van der Waals surface area contributed by atoms with E-state index in [1.165, 1.54) is 33.4 Å². The summed E-state index contributed by atoms with van der Waals surface area (Å²) in [5.41, 5.74) is 16.5. The zero-order chi connectivity index (χ0) is 44.0. The summed E-state index contributed by atoms with van der Waals surface area (Å²) in [4.78, 5) is 7.07. The molecule has 0 amide bonds. The summed E-state index contributed by atoms with van der Waals surface area (Å²) in [7, 11) is 6.51. The van der Waals surface area contributed by atoms with Crippen molar-refractivity contribution in [1.29, 1.82) is 0 Å². The summed E-state index contributed by atoms with van der Waals surface area (Å²) in [5.74, 6) is 2.92. The minimum atomic E-state index is 0.331. The van der Waals surface area contributed by atoms with Crippen molar-refractivity contribution >= 4 is 5.69 Å². The molecule has 6 aromatic rings. The lowest BCUT2D eigenvalue weighted by Crippen LogP contribution is -2.35. The predicted octanol–water partition coefficient (Wildman–Crippen LogP) is 11.7. The number of aryl methyl sites for hydroxylation is 2. The maximum absolute atomic E-state index is 6.14. The van der Waals surface area contributed by atoms with Crippen LogP contribution in [0.15, 0.2) is 146 Å². The van der Waals surface area contributed by atoms with E-state index in [1.807, 2.05) is 30.3 Å². The number of ether oxygens (including phenoxy) is 3. The van der Waals surface area contributed by atoms with Crippen molar-refractivity contribution in [3.63, 3.8) is 0 Å². The lowest BCUT2D eigenvalue weighted by Gasteiger charge is -2.29. The molecule has 3 aliphatic heterocycles. The van der Waals surface area contributed by atoms with E-state index in [-0.39, 0.29) is 0 Å². The van der Waals surface area contributed by atoms with Gasteiger partial charge < -0.3 is 34.6 Å². The molecular weight excluding hydrogens is 777 g/mol. The minimum Gasteiger partial charge on any atom is -0.490 e. The van der Waals surface area contributed by atoms with Crippen LogP contribution in [0.3, 0.4) is 0 Å². The third-order valence-corrected chi connectivity index (χ3v) is 12.4. The molecule has 0 spiro atoms. The summed E-state index contributed by atoms with van der Waals surface area (Å²) in [6.07, 6.45) is 7.74. The highest BCUT2D eigenvalue weighted by atomic mass is 16.5. The molecule has 0 bridgehead atoms. The molecule has 2 N–H and O–H groups in total. The van der Waals surface area contributed by atoms with Gasteiger partial charge in [0.1, 0.15) is 35.6 Å². The first-order valence-corrected chi connectivity index (χ1v) is 23.0. The van der Waals surface area contributed by atoms with Crippen molar-refractivity contribution < 1.29 is 14.2 Å². The van der Waals surface area contributed by atoms with Crippen LogP contribution in [-0.2, 0) is 0 Å². The summed E-state index contributed by atoms with van der Waals surface area (Å²) in [6, 6.07) is 50.4. The van der Waals surface area contributed by atoms with E-state index in [2.05, 4.69) is 165 Å². The Balaban J connectivity index is 0.000000142. The number of hydrogen-bond donors (Lipinski definition) is 1. The van der Waals surface area contributed by atoms with Gasteiger partial charge in [-0.25, -0.2) is 0 Å². The molecule has 63 heavy (non-hydrogen) atoms. The quantitative estimate of drug-likeness (QED) is 0.145. The van der Waals surface area contributed by atoms with Crippen LogP contribution in [0, 0.1) is 13.8 Å². The van der Waals surface area contributed by atoms with Gasteiger partial charge in [0.25, 0.3) is 0 Å². The molecule has 6 aromatic carbocycles. The van der Waals surface area contributed by atoms with Gasteiger partial charge in [-0.3, -0.25) is 0 Å². The molecular formula is C56H68N4O3. The van der Waals surface area contributed by atoms with E-state index in [1.54, 1.807) is 0 Å². The lowest BCUT2D eigenvalue weighted by molar-refractivity contribution is 0.114. The topological polar surface area (TPSA) is 63.4 Å². The summed E-state index contributed by atoms with van der Waals surface area (Å²) >= 11 is 0. The third kappa shape index (κ3) is 14.2. The molecule has 7 nitrogen and oxygen atoms in total. The number of piperidine rings is 3. The average molecular weight is 845 g/mol. The maximum Gasteiger partial charge on any atom is 0.120 e. The number of nitrogen functional groups attached to an aromatic ring is 1. The van der Waals surface area contributed by atoms with Gasteiger partial charge in [0.15, 0.2) is 0 Å². The maximum atomic E-state index is 6.14. The van der Waals surface area contributed by atoms with Crippen LogP contribution in [0.1, 0.15) is 49.7 Å². The van der Waals surface area contributed by atoms with Crippen molar-refractivity contribution in [2.24, 2.45) is 0 Å². The van der Waals surface area contributed by atoms with Crippen molar-refractivity contribution in [3.05, 3.63) is 157 Å². The summed E-state index contributed by atoms with van der Waals surface area (Å²) < 4.78 is 18.3. The fraction of sp³-hybridized carbons (Fsp3) is 0.357. The normalized spacial score (nSPS) is 16.8. The fourth-order valence-electron chi connectivity index (χ4n) is 8.38. The van der Waals surface area contributed by atoms with Crippen LogP contribution >= 0.6 is 0 Å². The van der Waals surface area contributed by atoms with Gasteiger partial charge in [-0.2, -0.15) is 0 Å². The molecule has 0 radical (unpaired) electrons. The highest BCUT2D eigenvalue weighted by molar-refractivity contribution is 5.69. The molecule has 3 aliphatic rings. The van der Waals surface area contributed by atoms with Crippen LogP contribution in [0.5, 0.6) is 17.2 Å². The molecule has 0 unspecified atom stereocenters. The molecule has 0 aromatic heterocycles. The molecule has 3 fully saturated rings. The first-order chi connectivity index (χ1) is 30.6. The van der Waals surface area contributed by atoms with E-state index in [4.69, 9.17) is 19.9 Å². The highest BCUT2D eigenvalue weighted by Crippen LogP contribution is 2.29. The Bertz CT molecular complexity index is 2270. The number of anilines is 1. The van der Waals surface area contributed by atoms with Crippen molar-refractivity contribution in [2.45, 2.75) is 70.7 Å². The van der Waals surface area contributed by atoms with Gasteiger partial charge in [0, 0.05) is 45.0 Å². The number of hydrogen-bond acceptors (Lipinski definition) is 7.